The van der Waals surface area contributed by atoms with E-state index in [-0.39, 0.29) is 18.8 Å². The van der Waals surface area contributed by atoms with E-state index < -0.39 is 17.7 Å². The molecule has 6 nitrogen and oxygen atoms in total. The lowest BCUT2D eigenvalue weighted by Gasteiger charge is -2.60. The van der Waals surface area contributed by atoms with E-state index in [4.69, 9.17) is 29.1 Å². The van der Waals surface area contributed by atoms with Crippen LogP contribution in [0.25, 0.3) is 0 Å². The fourth-order valence-corrected chi connectivity index (χ4v) is 5.48. The van der Waals surface area contributed by atoms with Gasteiger partial charge in [0.05, 0.1) is 0 Å². The molecule has 1 aliphatic carbocycles. The molecule has 5 rings (SSSR count). The van der Waals surface area contributed by atoms with Crippen molar-refractivity contribution in [2.24, 2.45) is 23.7 Å². The van der Waals surface area contributed by atoms with Gasteiger partial charge in [0.2, 0.25) is 5.79 Å². The highest BCUT2D eigenvalue weighted by Crippen LogP contribution is 2.60. The largest absolute Gasteiger partial charge is 0.396 e. The van der Waals surface area contributed by atoms with Gasteiger partial charge < -0.3 is 19.3 Å². The highest BCUT2D eigenvalue weighted by molar-refractivity contribution is 5.09. The second kappa shape index (κ2) is 6.73. The van der Waals surface area contributed by atoms with Crippen LogP contribution in [0.15, 0.2) is 0 Å². The van der Waals surface area contributed by atoms with E-state index in [1.807, 2.05) is 6.92 Å². The Hall–Kier alpha value is -0.240. The predicted molar refractivity (Wildman–Crippen MR) is 89.1 cm³/mol. The summed E-state index contributed by atoms with van der Waals surface area (Å²) in [6.07, 6.45) is 5.01. The minimum Gasteiger partial charge on any atom is -0.396 e. The highest BCUT2D eigenvalue weighted by atomic mass is 17.3. The molecule has 2 bridgehead atoms. The van der Waals surface area contributed by atoms with Crippen LogP contribution < -0.4 is 0 Å². The SMILES string of the molecule is C[C@H]1[C@@H](OCCCCO)O[C@@H]2O[C@]3(C)CC[C@H]4[C@H](C)CC[C@@H]1C24OO3. The molecular formula is C19H32O6. The van der Waals surface area contributed by atoms with E-state index in [1.54, 1.807) is 0 Å². The molecule has 1 unspecified atom stereocenters. The third-order valence-electron chi connectivity index (χ3n) is 6.93. The number of ether oxygens (including phenoxy) is 3. The Morgan fingerprint density at radius 1 is 1.08 bits per heavy atom. The van der Waals surface area contributed by atoms with Crippen LogP contribution in [0.2, 0.25) is 0 Å². The molecular weight excluding hydrogens is 324 g/mol. The van der Waals surface area contributed by atoms with Crippen molar-refractivity contribution < 1.29 is 29.1 Å². The molecule has 6 heteroatoms. The van der Waals surface area contributed by atoms with Gasteiger partial charge in [-0.3, -0.25) is 0 Å². The fraction of sp³-hybridized carbons (Fsp3) is 1.00. The molecule has 0 amide bonds. The number of rotatable bonds is 5. The molecule has 4 saturated heterocycles. The van der Waals surface area contributed by atoms with E-state index in [1.165, 1.54) is 6.42 Å². The topological polar surface area (TPSA) is 66.4 Å². The Balaban J connectivity index is 1.58. The molecule has 5 fully saturated rings. The van der Waals surface area contributed by atoms with Crippen molar-refractivity contribution in [1.29, 1.82) is 0 Å². The Kier molecular flexibility index (Phi) is 4.88. The summed E-state index contributed by atoms with van der Waals surface area (Å²) in [7, 11) is 0. The first-order valence-electron chi connectivity index (χ1n) is 9.93. The Morgan fingerprint density at radius 3 is 2.72 bits per heavy atom. The van der Waals surface area contributed by atoms with Gasteiger partial charge in [-0.1, -0.05) is 13.8 Å². The Labute approximate surface area is 150 Å². The van der Waals surface area contributed by atoms with Gasteiger partial charge in [-0.25, -0.2) is 9.78 Å². The molecule has 5 aliphatic rings. The zero-order valence-corrected chi connectivity index (χ0v) is 15.6. The Bertz CT molecular complexity index is 487. The molecule has 0 aromatic carbocycles. The van der Waals surface area contributed by atoms with Crippen LogP contribution in [0, 0.1) is 23.7 Å². The molecule has 144 valence electrons. The summed E-state index contributed by atoms with van der Waals surface area (Å²) < 4.78 is 18.7. The van der Waals surface area contributed by atoms with E-state index in [0.29, 0.717) is 24.4 Å². The van der Waals surface area contributed by atoms with Crippen molar-refractivity contribution in [3.05, 3.63) is 0 Å². The zero-order chi connectivity index (χ0) is 17.7. The first-order chi connectivity index (χ1) is 12.0. The average Bonchev–Trinajstić information content (AvgIpc) is 2.82. The van der Waals surface area contributed by atoms with Crippen molar-refractivity contribution >= 4 is 0 Å². The van der Waals surface area contributed by atoms with Crippen LogP contribution >= 0.6 is 0 Å². The lowest BCUT2D eigenvalue weighted by Crippen LogP contribution is -2.70. The molecule has 1 spiro atoms. The number of hydrogen-bond donors (Lipinski definition) is 1. The lowest BCUT2D eigenvalue weighted by molar-refractivity contribution is -0.577. The minimum atomic E-state index is -0.737. The normalized spacial score (nSPS) is 51.8. The molecule has 4 aliphatic heterocycles. The first kappa shape index (κ1) is 18.1. The van der Waals surface area contributed by atoms with Gasteiger partial charge in [0.15, 0.2) is 18.2 Å². The van der Waals surface area contributed by atoms with Gasteiger partial charge >= 0.3 is 0 Å². The molecule has 0 radical (unpaired) electrons. The van der Waals surface area contributed by atoms with E-state index in [9.17, 15) is 0 Å². The van der Waals surface area contributed by atoms with Crippen molar-refractivity contribution in [1.82, 2.24) is 0 Å². The summed E-state index contributed by atoms with van der Waals surface area (Å²) in [4.78, 5) is 11.9. The Morgan fingerprint density at radius 2 is 1.92 bits per heavy atom. The number of aliphatic hydroxyl groups excluding tert-OH is 1. The van der Waals surface area contributed by atoms with E-state index >= 15 is 0 Å². The van der Waals surface area contributed by atoms with Gasteiger partial charge in [0.1, 0.15) is 0 Å². The number of aliphatic hydroxyl groups is 1. The van der Waals surface area contributed by atoms with Gasteiger partial charge in [-0.05, 0) is 50.9 Å². The summed E-state index contributed by atoms with van der Waals surface area (Å²) in [5, 5.41) is 8.94. The number of unbranched alkanes of at least 4 members (excludes halogenated alkanes) is 1. The first-order valence-corrected chi connectivity index (χ1v) is 9.93. The zero-order valence-electron chi connectivity index (χ0n) is 15.6. The monoisotopic (exact) mass is 356 g/mol. The molecule has 1 saturated carbocycles. The lowest BCUT2D eigenvalue weighted by atomic mass is 9.58. The fourth-order valence-electron chi connectivity index (χ4n) is 5.48. The van der Waals surface area contributed by atoms with Crippen LogP contribution in [0.3, 0.4) is 0 Å². The predicted octanol–water partition coefficient (Wildman–Crippen LogP) is 2.98. The minimum absolute atomic E-state index is 0.199. The van der Waals surface area contributed by atoms with E-state index in [2.05, 4.69) is 13.8 Å². The molecule has 8 atom stereocenters. The van der Waals surface area contributed by atoms with Gasteiger partial charge in [-0.15, -0.1) is 0 Å². The third-order valence-corrected chi connectivity index (χ3v) is 6.93. The third kappa shape index (κ3) is 2.86. The summed E-state index contributed by atoms with van der Waals surface area (Å²) in [6.45, 7) is 7.25. The summed E-state index contributed by atoms with van der Waals surface area (Å²) in [6, 6.07) is 0. The second-order valence-corrected chi connectivity index (χ2v) is 8.58. The van der Waals surface area contributed by atoms with Crippen molar-refractivity contribution in [2.75, 3.05) is 13.2 Å². The van der Waals surface area contributed by atoms with Crippen LogP contribution in [-0.2, 0) is 24.0 Å². The summed E-state index contributed by atoms with van der Waals surface area (Å²) in [5.41, 5.74) is -0.516. The average molecular weight is 356 g/mol. The van der Waals surface area contributed by atoms with Crippen LogP contribution in [0.4, 0.5) is 0 Å². The van der Waals surface area contributed by atoms with Gasteiger partial charge in [0, 0.05) is 31.5 Å². The standard InChI is InChI=1S/C19H32O6/c1-12-6-7-15-13(2)16(21-11-5-4-10-20)22-17-19(15)14(12)8-9-18(3,23-17)24-25-19/h12-17,20H,4-11H2,1-3H3/t12-,13-,14+,15+,16+,17-,18+,19?/m1/s1. The molecule has 1 N–H and O–H groups in total. The maximum Gasteiger partial charge on any atom is 0.201 e. The van der Waals surface area contributed by atoms with Gasteiger partial charge in [0.25, 0.3) is 0 Å². The number of hydrogen-bond acceptors (Lipinski definition) is 6. The van der Waals surface area contributed by atoms with Crippen LogP contribution in [0.1, 0.15) is 59.3 Å². The maximum atomic E-state index is 8.94. The molecule has 4 heterocycles. The van der Waals surface area contributed by atoms with Crippen molar-refractivity contribution in [3.63, 3.8) is 0 Å². The smallest absolute Gasteiger partial charge is 0.201 e. The highest BCUT2D eigenvalue weighted by Gasteiger charge is 2.69. The molecule has 0 aromatic rings. The van der Waals surface area contributed by atoms with Gasteiger partial charge in [-0.2, -0.15) is 0 Å². The quantitative estimate of drug-likeness (QED) is 0.603. The van der Waals surface area contributed by atoms with Crippen molar-refractivity contribution in [3.8, 4) is 0 Å². The van der Waals surface area contributed by atoms with Crippen LogP contribution in [-0.4, -0.2) is 42.3 Å². The summed E-state index contributed by atoms with van der Waals surface area (Å²) >= 11 is 0. The molecule has 25 heavy (non-hydrogen) atoms. The summed E-state index contributed by atoms with van der Waals surface area (Å²) in [5.74, 6) is 0.745. The maximum absolute atomic E-state index is 8.94. The van der Waals surface area contributed by atoms with Crippen LogP contribution in [0.5, 0.6) is 0 Å². The number of fused-ring (bicyclic) bond motifs is 2. The van der Waals surface area contributed by atoms with E-state index in [0.717, 1.165) is 32.1 Å². The van der Waals surface area contributed by atoms with Crippen molar-refractivity contribution in [2.45, 2.75) is 83.3 Å². The second-order valence-electron chi connectivity index (χ2n) is 8.58. The molecule has 0 aromatic heterocycles.